The zero-order valence-corrected chi connectivity index (χ0v) is 12.4. The fourth-order valence-corrected chi connectivity index (χ4v) is 3.17. The van der Waals surface area contributed by atoms with Crippen LogP contribution in [0.3, 0.4) is 0 Å². The Kier molecular flexibility index (Phi) is 6.74. The van der Waals surface area contributed by atoms with Gasteiger partial charge in [0.15, 0.2) is 0 Å². The largest absolute Gasteiger partial charge is 0.317 e. The van der Waals surface area contributed by atoms with Crippen molar-refractivity contribution >= 4 is 35.3 Å². The molecule has 3 nitrogen and oxygen atoms in total. The van der Waals surface area contributed by atoms with Crippen molar-refractivity contribution < 1.29 is 0 Å². The van der Waals surface area contributed by atoms with E-state index in [9.17, 15) is 0 Å². The Bertz CT molecular complexity index is 324. The van der Waals surface area contributed by atoms with Gasteiger partial charge in [0.1, 0.15) is 9.34 Å². The van der Waals surface area contributed by atoms with E-state index in [0.717, 1.165) is 29.0 Å². The van der Waals surface area contributed by atoms with Crippen LogP contribution in [0, 0.1) is 0 Å². The van der Waals surface area contributed by atoms with Gasteiger partial charge < -0.3 is 5.32 Å². The van der Waals surface area contributed by atoms with E-state index in [2.05, 4.69) is 22.2 Å². The van der Waals surface area contributed by atoms with Gasteiger partial charge >= 0.3 is 0 Å². The van der Waals surface area contributed by atoms with E-state index in [1.54, 1.807) is 17.5 Å². The van der Waals surface area contributed by atoms with Crippen LogP contribution in [-0.4, -0.2) is 36.1 Å². The van der Waals surface area contributed by atoms with Crippen molar-refractivity contribution in [2.45, 2.75) is 31.8 Å². The summed E-state index contributed by atoms with van der Waals surface area (Å²) in [6, 6.07) is 0.678. The third-order valence-electron chi connectivity index (χ3n) is 3.08. The smallest absolute Gasteiger partial charge is 0.113 e. The molecule has 0 aliphatic carbocycles. The summed E-state index contributed by atoms with van der Waals surface area (Å²) < 4.78 is 0.783. The lowest BCUT2D eigenvalue weighted by Gasteiger charge is -2.25. The van der Waals surface area contributed by atoms with E-state index in [1.807, 2.05) is 0 Å². The maximum Gasteiger partial charge on any atom is 0.113 e. The van der Waals surface area contributed by atoms with Crippen LogP contribution in [0.1, 0.15) is 24.3 Å². The molecule has 98 valence electrons. The average molecular weight is 296 g/mol. The molecule has 17 heavy (non-hydrogen) atoms. The van der Waals surface area contributed by atoms with Crippen molar-refractivity contribution in [3.8, 4) is 0 Å². The standard InChI is InChI=1S/C11H18ClN3S.ClH/c1-15(8-11-14-7-10(12)16-11)9-3-2-5-13-6-4-9;/h7,9,13H,2-6,8H2,1H3;1H. The van der Waals surface area contributed by atoms with E-state index in [1.165, 1.54) is 19.3 Å². The topological polar surface area (TPSA) is 28.2 Å². The Labute approximate surface area is 118 Å². The summed E-state index contributed by atoms with van der Waals surface area (Å²) in [4.78, 5) is 6.71. The molecule has 0 bridgehead atoms. The Hall–Kier alpha value is 0.130. The average Bonchev–Trinajstić information content (AvgIpc) is 2.56. The van der Waals surface area contributed by atoms with Crippen molar-refractivity contribution in [3.05, 3.63) is 15.5 Å². The molecule has 1 saturated heterocycles. The van der Waals surface area contributed by atoms with Gasteiger partial charge in [-0.15, -0.1) is 23.7 Å². The lowest BCUT2D eigenvalue weighted by molar-refractivity contribution is 0.216. The normalized spacial score (nSPS) is 21.0. The van der Waals surface area contributed by atoms with Crippen molar-refractivity contribution in [3.63, 3.8) is 0 Å². The molecular weight excluding hydrogens is 277 g/mol. The van der Waals surface area contributed by atoms with E-state index < -0.39 is 0 Å². The molecule has 0 radical (unpaired) electrons. The van der Waals surface area contributed by atoms with Gasteiger partial charge in [-0.2, -0.15) is 0 Å². The molecular formula is C11H19Cl2N3S. The fraction of sp³-hybridized carbons (Fsp3) is 0.727. The predicted molar refractivity (Wildman–Crippen MR) is 76.3 cm³/mol. The van der Waals surface area contributed by atoms with Gasteiger partial charge in [0.2, 0.25) is 0 Å². The van der Waals surface area contributed by atoms with Gasteiger partial charge in [-0.25, -0.2) is 4.98 Å². The molecule has 1 aromatic heterocycles. The first-order valence-corrected chi connectivity index (χ1v) is 6.96. The van der Waals surface area contributed by atoms with Crippen LogP contribution in [0.5, 0.6) is 0 Å². The zero-order valence-electron chi connectivity index (χ0n) is 9.99. The molecule has 2 heterocycles. The molecule has 1 fully saturated rings. The van der Waals surface area contributed by atoms with Crippen molar-refractivity contribution in [1.29, 1.82) is 0 Å². The molecule has 1 atom stereocenters. The molecule has 6 heteroatoms. The number of hydrogen-bond donors (Lipinski definition) is 1. The second-order valence-electron chi connectivity index (χ2n) is 4.31. The Morgan fingerprint density at radius 3 is 3.06 bits per heavy atom. The van der Waals surface area contributed by atoms with Gasteiger partial charge in [0.05, 0.1) is 12.7 Å². The second-order valence-corrected chi connectivity index (χ2v) is 6.05. The number of nitrogens with zero attached hydrogens (tertiary/aromatic N) is 2. The minimum absolute atomic E-state index is 0. The van der Waals surface area contributed by atoms with Crippen LogP contribution in [0.2, 0.25) is 4.34 Å². The van der Waals surface area contributed by atoms with Crippen LogP contribution in [0.4, 0.5) is 0 Å². The molecule has 1 aromatic rings. The number of hydrogen-bond acceptors (Lipinski definition) is 4. The lowest BCUT2D eigenvalue weighted by atomic mass is 10.1. The minimum Gasteiger partial charge on any atom is -0.317 e. The monoisotopic (exact) mass is 295 g/mol. The zero-order chi connectivity index (χ0) is 11.4. The quantitative estimate of drug-likeness (QED) is 0.929. The molecule has 1 aliphatic heterocycles. The maximum atomic E-state index is 5.88. The van der Waals surface area contributed by atoms with Crippen molar-refractivity contribution in [2.75, 3.05) is 20.1 Å². The summed E-state index contributed by atoms with van der Waals surface area (Å²) >= 11 is 7.47. The van der Waals surface area contributed by atoms with Gasteiger partial charge in [-0.05, 0) is 39.4 Å². The predicted octanol–water partition coefficient (Wildman–Crippen LogP) is 2.79. The molecule has 1 N–H and O–H groups in total. The van der Waals surface area contributed by atoms with E-state index >= 15 is 0 Å². The molecule has 1 aliphatic rings. The summed E-state index contributed by atoms with van der Waals surface area (Å²) in [6.07, 6.45) is 5.52. The Morgan fingerprint density at radius 2 is 2.35 bits per heavy atom. The van der Waals surface area contributed by atoms with Crippen LogP contribution in [0.15, 0.2) is 6.20 Å². The number of aromatic nitrogens is 1. The van der Waals surface area contributed by atoms with Crippen molar-refractivity contribution in [2.24, 2.45) is 0 Å². The molecule has 2 rings (SSSR count). The summed E-state index contributed by atoms with van der Waals surface area (Å²) in [7, 11) is 2.19. The minimum atomic E-state index is 0. The molecule has 0 amide bonds. The summed E-state index contributed by atoms with van der Waals surface area (Å²) in [5, 5.41) is 4.55. The molecule has 0 aromatic carbocycles. The lowest BCUT2D eigenvalue weighted by Crippen LogP contribution is -2.31. The number of halogens is 2. The Balaban J connectivity index is 0.00000144. The van der Waals surface area contributed by atoms with E-state index in [-0.39, 0.29) is 12.4 Å². The SMILES string of the molecule is CN(Cc1ncc(Cl)s1)C1CCCNCC1.Cl. The van der Waals surface area contributed by atoms with Gasteiger partial charge in [0.25, 0.3) is 0 Å². The van der Waals surface area contributed by atoms with Gasteiger partial charge in [-0.3, -0.25) is 4.90 Å². The first-order valence-electron chi connectivity index (χ1n) is 5.77. The highest BCUT2D eigenvalue weighted by Crippen LogP contribution is 2.21. The van der Waals surface area contributed by atoms with Crippen LogP contribution < -0.4 is 5.32 Å². The van der Waals surface area contributed by atoms with E-state index in [0.29, 0.717) is 6.04 Å². The maximum absolute atomic E-state index is 5.88. The second kappa shape index (κ2) is 7.54. The highest BCUT2D eigenvalue weighted by Gasteiger charge is 2.17. The summed E-state index contributed by atoms with van der Waals surface area (Å²) in [5.74, 6) is 0. The van der Waals surface area contributed by atoms with Gasteiger partial charge in [0, 0.05) is 6.04 Å². The first-order chi connectivity index (χ1) is 7.75. The molecule has 0 saturated carbocycles. The fourth-order valence-electron chi connectivity index (χ4n) is 2.15. The van der Waals surface area contributed by atoms with Crippen LogP contribution in [-0.2, 0) is 6.54 Å². The van der Waals surface area contributed by atoms with Gasteiger partial charge in [-0.1, -0.05) is 11.6 Å². The highest BCUT2D eigenvalue weighted by atomic mass is 35.5. The third kappa shape index (κ3) is 4.72. The molecule has 0 spiro atoms. The third-order valence-corrected chi connectivity index (χ3v) is 4.18. The first kappa shape index (κ1) is 15.2. The highest BCUT2D eigenvalue weighted by molar-refractivity contribution is 7.15. The van der Waals surface area contributed by atoms with Crippen LogP contribution in [0.25, 0.3) is 0 Å². The summed E-state index contributed by atoms with van der Waals surface area (Å²) in [5.41, 5.74) is 0. The van der Waals surface area contributed by atoms with Crippen LogP contribution >= 0.6 is 35.3 Å². The number of rotatable bonds is 3. The number of thiazole rings is 1. The molecule has 1 unspecified atom stereocenters. The summed E-state index contributed by atoms with van der Waals surface area (Å²) in [6.45, 7) is 3.21. The Morgan fingerprint density at radius 1 is 1.53 bits per heavy atom. The number of nitrogens with one attached hydrogen (secondary N) is 1. The van der Waals surface area contributed by atoms with E-state index in [4.69, 9.17) is 11.6 Å². The van der Waals surface area contributed by atoms with Crippen molar-refractivity contribution in [1.82, 2.24) is 15.2 Å².